The molecule has 0 bridgehead atoms. The lowest BCUT2D eigenvalue weighted by atomic mass is 10.0. The minimum absolute atomic E-state index is 0.0171. The lowest BCUT2D eigenvalue weighted by Gasteiger charge is -2.25. The molecule has 0 aromatic carbocycles. The molecule has 1 aliphatic rings. The highest BCUT2D eigenvalue weighted by Crippen LogP contribution is 2.10. The molecule has 98 valence electrons. The largest absolute Gasteiger partial charge is 0.368 e. The van der Waals surface area contributed by atoms with Crippen molar-refractivity contribution in [3.63, 3.8) is 0 Å². The molecule has 0 radical (unpaired) electrons. The summed E-state index contributed by atoms with van der Waals surface area (Å²) in [5.41, 5.74) is 5.27. The molecule has 0 aliphatic carbocycles. The number of nitrogens with zero attached hydrogens (tertiary/aromatic N) is 1. The van der Waals surface area contributed by atoms with Crippen LogP contribution in [0.5, 0.6) is 0 Å². The molecule has 17 heavy (non-hydrogen) atoms. The van der Waals surface area contributed by atoms with E-state index in [1.54, 1.807) is 4.90 Å². The average molecular weight is 241 g/mol. The van der Waals surface area contributed by atoms with Gasteiger partial charge in [-0.1, -0.05) is 26.7 Å². The highest BCUT2D eigenvalue weighted by molar-refractivity contribution is 5.86. The maximum atomic E-state index is 12.0. The molecule has 1 heterocycles. The summed E-state index contributed by atoms with van der Waals surface area (Å²) < 4.78 is 0. The molecule has 1 saturated heterocycles. The summed E-state index contributed by atoms with van der Waals surface area (Å²) in [7, 11) is 0. The Balaban J connectivity index is 2.53. The first-order valence-electron chi connectivity index (χ1n) is 6.37. The van der Waals surface area contributed by atoms with Gasteiger partial charge in [-0.05, 0) is 18.8 Å². The van der Waals surface area contributed by atoms with Gasteiger partial charge in [-0.3, -0.25) is 4.79 Å². The van der Waals surface area contributed by atoms with Crippen LogP contribution in [-0.4, -0.2) is 36.0 Å². The smallest absolute Gasteiger partial charge is 0.318 e. The fourth-order valence-electron chi connectivity index (χ4n) is 2.06. The molecule has 5 heteroatoms. The van der Waals surface area contributed by atoms with Crippen LogP contribution in [0.4, 0.5) is 4.79 Å². The van der Waals surface area contributed by atoms with Crippen LogP contribution in [0.1, 0.15) is 39.5 Å². The zero-order valence-electron chi connectivity index (χ0n) is 10.7. The Hall–Kier alpha value is -1.26. The van der Waals surface area contributed by atoms with Crippen LogP contribution in [0, 0.1) is 5.92 Å². The van der Waals surface area contributed by atoms with Crippen LogP contribution >= 0.6 is 0 Å². The Morgan fingerprint density at radius 3 is 2.06 bits per heavy atom. The Morgan fingerprint density at radius 1 is 1.12 bits per heavy atom. The number of carbonyl (C=O) groups is 2. The van der Waals surface area contributed by atoms with E-state index < -0.39 is 11.9 Å². The van der Waals surface area contributed by atoms with Crippen molar-refractivity contribution >= 4 is 11.9 Å². The van der Waals surface area contributed by atoms with E-state index in [-0.39, 0.29) is 11.9 Å². The SMILES string of the molecule is CC(C)C(NC(=O)N1CCCCCC1)C(N)=O. The number of hydrogen-bond acceptors (Lipinski definition) is 2. The van der Waals surface area contributed by atoms with Crippen LogP contribution < -0.4 is 11.1 Å². The molecular weight excluding hydrogens is 218 g/mol. The summed E-state index contributed by atoms with van der Waals surface area (Å²) in [6, 6.07) is -0.741. The van der Waals surface area contributed by atoms with Crippen LogP contribution in [0.3, 0.4) is 0 Å². The summed E-state index contributed by atoms with van der Waals surface area (Å²) in [6.45, 7) is 5.29. The third-order valence-electron chi connectivity index (χ3n) is 3.15. The van der Waals surface area contributed by atoms with Crippen molar-refractivity contribution in [3.8, 4) is 0 Å². The highest BCUT2D eigenvalue weighted by Gasteiger charge is 2.24. The maximum absolute atomic E-state index is 12.0. The fraction of sp³-hybridized carbons (Fsp3) is 0.833. The summed E-state index contributed by atoms with van der Waals surface area (Å²) in [5, 5.41) is 2.73. The molecular formula is C12H23N3O2. The Bertz CT molecular complexity index is 271. The van der Waals surface area contributed by atoms with Crippen LogP contribution in [0.15, 0.2) is 0 Å². The van der Waals surface area contributed by atoms with Crippen molar-refractivity contribution < 1.29 is 9.59 Å². The fourth-order valence-corrected chi connectivity index (χ4v) is 2.06. The monoisotopic (exact) mass is 241 g/mol. The molecule has 0 saturated carbocycles. The van der Waals surface area contributed by atoms with E-state index in [2.05, 4.69) is 5.32 Å². The molecule has 0 spiro atoms. The average Bonchev–Trinajstić information content (AvgIpc) is 2.52. The summed E-state index contributed by atoms with van der Waals surface area (Å²) >= 11 is 0. The van der Waals surface area contributed by atoms with Crippen molar-refractivity contribution in [1.82, 2.24) is 10.2 Å². The number of nitrogens with one attached hydrogen (secondary N) is 1. The first kappa shape index (κ1) is 13.8. The van der Waals surface area contributed by atoms with E-state index in [4.69, 9.17) is 5.73 Å². The predicted molar refractivity (Wildman–Crippen MR) is 66.4 cm³/mol. The number of carbonyl (C=O) groups excluding carboxylic acids is 2. The van der Waals surface area contributed by atoms with Gasteiger partial charge >= 0.3 is 6.03 Å². The maximum Gasteiger partial charge on any atom is 0.318 e. The number of likely N-dealkylation sites (tertiary alicyclic amines) is 1. The third kappa shape index (κ3) is 4.24. The summed E-state index contributed by atoms with van der Waals surface area (Å²) in [4.78, 5) is 25.0. The van der Waals surface area contributed by atoms with E-state index in [0.29, 0.717) is 0 Å². The molecule has 0 aromatic rings. The van der Waals surface area contributed by atoms with Crippen LogP contribution in [0.2, 0.25) is 0 Å². The normalized spacial score (nSPS) is 18.6. The van der Waals surface area contributed by atoms with Crippen molar-refractivity contribution in [2.45, 2.75) is 45.6 Å². The number of primary amides is 1. The van der Waals surface area contributed by atoms with Gasteiger partial charge < -0.3 is 16.0 Å². The Morgan fingerprint density at radius 2 is 1.65 bits per heavy atom. The molecule has 1 aliphatic heterocycles. The van der Waals surface area contributed by atoms with Crippen LogP contribution in [0.25, 0.3) is 0 Å². The number of amides is 3. The third-order valence-corrected chi connectivity index (χ3v) is 3.15. The molecule has 1 atom stereocenters. The van der Waals surface area contributed by atoms with E-state index in [1.807, 2.05) is 13.8 Å². The topological polar surface area (TPSA) is 75.4 Å². The molecule has 1 fully saturated rings. The zero-order valence-corrected chi connectivity index (χ0v) is 10.7. The molecule has 5 nitrogen and oxygen atoms in total. The second kappa shape index (κ2) is 6.47. The second-order valence-electron chi connectivity index (χ2n) is 4.97. The number of hydrogen-bond donors (Lipinski definition) is 2. The number of urea groups is 1. The molecule has 3 amide bonds. The zero-order chi connectivity index (χ0) is 12.8. The Labute approximate surface area is 103 Å². The van der Waals surface area contributed by atoms with Gasteiger partial charge in [0.05, 0.1) is 0 Å². The van der Waals surface area contributed by atoms with Gasteiger partial charge in [-0.15, -0.1) is 0 Å². The van der Waals surface area contributed by atoms with E-state index in [0.717, 1.165) is 25.9 Å². The van der Waals surface area contributed by atoms with E-state index in [1.165, 1.54) is 12.8 Å². The van der Waals surface area contributed by atoms with Crippen molar-refractivity contribution in [2.75, 3.05) is 13.1 Å². The molecule has 1 unspecified atom stereocenters. The highest BCUT2D eigenvalue weighted by atomic mass is 16.2. The van der Waals surface area contributed by atoms with Gasteiger partial charge in [-0.2, -0.15) is 0 Å². The number of rotatable bonds is 3. The van der Waals surface area contributed by atoms with Gasteiger partial charge in [0, 0.05) is 13.1 Å². The quantitative estimate of drug-likeness (QED) is 0.776. The second-order valence-corrected chi connectivity index (χ2v) is 4.97. The van der Waals surface area contributed by atoms with Crippen LogP contribution in [-0.2, 0) is 4.79 Å². The van der Waals surface area contributed by atoms with E-state index >= 15 is 0 Å². The van der Waals surface area contributed by atoms with Gasteiger partial charge in [0.1, 0.15) is 6.04 Å². The number of nitrogens with two attached hydrogens (primary N) is 1. The van der Waals surface area contributed by atoms with Crippen molar-refractivity contribution in [3.05, 3.63) is 0 Å². The molecule has 3 N–H and O–H groups in total. The first-order valence-corrected chi connectivity index (χ1v) is 6.37. The predicted octanol–water partition coefficient (Wildman–Crippen LogP) is 1.08. The molecule has 0 aromatic heterocycles. The summed E-state index contributed by atoms with van der Waals surface area (Å²) in [6.07, 6.45) is 4.42. The van der Waals surface area contributed by atoms with Crippen molar-refractivity contribution in [1.29, 1.82) is 0 Å². The molecule has 1 rings (SSSR count). The first-order chi connectivity index (χ1) is 8.02. The lowest BCUT2D eigenvalue weighted by molar-refractivity contribution is -0.120. The van der Waals surface area contributed by atoms with Gasteiger partial charge in [0.2, 0.25) is 5.91 Å². The Kier molecular flexibility index (Phi) is 5.25. The van der Waals surface area contributed by atoms with Gasteiger partial charge in [0.15, 0.2) is 0 Å². The van der Waals surface area contributed by atoms with E-state index in [9.17, 15) is 9.59 Å². The minimum atomic E-state index is -0.578. The lowest BCUT2D eigenvalue weighted by Crippen LogP contribution is -2.52. The minimum Gasteiger partial charge on any atom is -0.368 e. The van der Waals surface area contributed by atoms with Gasteiger partial charge in [-0.25, -0.2) is 4.79 Å². The summed E-state index contributed by atoms with van der Waals surface area (Å²) in [5.74, 6) is -0.452. The van der Waals surface area contributed by atoms with Crippen molar-refractivity contribution in [2.24, 2.45) is 11.7 Å². The standard InChI is InChI=1S/C12H23N3O2/c1-9(2)10(11(13)16)14-12(17)15-7-5-3-4-6-8-15/h9-10H,3-8H2,1-2H3,(H2,13,16)(H,14,17). The van der Waals surface area contributed by atoms with Gasteiger partial charge in [0.25, 0.3) is 0 Å².